The predicted octanol–water partition coefficient (Wildman–Crippen LogP) is 2.68. The van der Waals surface area contributed by atoms with Crippen molar-refractivity contribution in [2.24, 2.45) is 0 Å². The minimum atomic E-state index is -0.529. The van der Waals surface area contributed by atoms with Crippen LogP contribution in [-0.2, 0) is 6.54 Å². The summed E-state index contributed by atoms with van der Waals surface area (Å²) in [4.78, 5) is 0. The van der Waals surface area contributed by atoms with E-state index in [1.54, 1.807) is 23.5 Å². The second-order valence-corrected chi connectivity index (χ2v) is 5.21. The van der Waals surface area contributed by atoms with Crippen LogP contribution in [0.25, 0.3) is 0 Å². The van der Waals surface area contributed by atoms with Crippen LogP contribution in [0, 0.1) is 0 Å². The highest BCUT2D eigenvalue weighted by molar-refractivity contribution is 7.07. The lowest BCUT2D eigenvalue weighted by Gasteiger charge is -2.12. The standard InChI is InChI=1S/C15H19NO3S/c1-2-19-13-3-4-14(17)12(7-13)8-16-9-15(18)11-5-6-20-10-11/h3-7,10,15-18H,2,8-9H2,1H3. The summed E-state index contributed by atoms with van der Waals surface area (Å²) in [6.07, 6.45) is -0.529. The van der Waals surface area contributed by atoms with Gasteiger partial charge >= 0.3 is 0 Å². The van der Waals surface area contributed by atoms with E-state index < -0.39 is 6.10 Å². The first-order valence-corrected chi connectivity index (χ1v) is 7.50. The molecule has 1 aromatic heterocycles. The monoisotopic (exact) mass is 293 g/mol. The molecule has 5 heteroatoms. The molecule has 0 aliphatic heterocycles. The Balaban J connectivity index is 1.88. The van der Waals surface area contributed by atoms with Gasteiger partial charge in [-0.05, 0) is 47.5 Å². The fraction of sp³-hybridized carbons (Fsp3) is 0.333. The van der Waals surface area contributed by atoms with Crippen LogP contribution in [0.3, 0.4) is 0 Å². The summed E-state index contributed by atoms with van der Waals surface area (Å²) in [5, 5.41) is 26.8. The molecule has 0 amide bonds. The van der Waals surface area contributed by atoms with E-state index in [-0.39, 0.29) is 5.75 Å². The van der Waals surface area contributed by atoms with E-state index in [1.165, 1.54) is 0 Å². The molecule has 0 fully saturated rings. The lowest BCUT2D eigenvalue weighted by molar-refractivity contribution is 0.174. The van der Waals surface area contributed by atoms with Gasteiger partial charge in [-0.15, -0.1) is 0 Å². The van der Waals surface area contributed by atoms with Gasteiger partial charge < -0.3 is 20.3 Å². The predicted molar refractivity (Wildman–Crippen MR) is 80.3 cm³/mol. The summed E-state index contributed by atoms with van der Waals surface area (Å²) >= 11 is 1.56. The fourth-order valence-corrected chi connectivity index (χ4v) is 2.59. The number of benzene rings is 1. The van der Waals surface area contributed by atoms with Crippen molar-refractivity contribution in [2.45, 2.75) is 19.6 Å². The number of nitrogens with one attached hydrogen (secondary N) is 1. The highest BCUT2D eigenvalue weighted by Gasteiger charge is 2.08. The topological polar surface area (TPSA) is 61.7 Å². The van der Waals surface area contributed by atoms with Gasteiger partial charge in [0, 0.05) is 18.7 Å². The highest BCUT2D eigenvalue weighted by Crippen LogP contribution is 2.23. The average molecular weight is 293 g/mol. The summed E-state index contributed by atoms with van der Waals surface area (Å²) in [5.74, 6) is 0.964. The van der Waals surface area contributed by atoms with E-state index in [0.717, 1.165) is 16.9 Å². The third-order valence-electron chi connectivity index (χ3n) is 2.94. The molecule has 0 bridgehead atoms. The number of hydrogen-bond acceptors (Lipinski definition) is 5. The molecule has 3 N–H and O–H groups in total. The molecular formula is C15H19NO3S. The number of aromatic hydroxyl groups is 1. The van der Waals surface area contributed by atoms with E-state index in [9.17, 15) is 10.2 Å². The number of hydrogen-bond donors (Lipinski definition) is 3. The van der Waals surface area contributed by atoms with Crippen LogP contribution in [0.1, 0.15) is 24.2 Å². The van der Waals surface area contributed by atoms with Crippen LogP contribution in [0.5, 0.6) is 11.5 Å². The molecule has 108 valence electrons. The highest BCUT2D eigenvalue weighted by atomic mass is 32.1. The maximum absolute atomic E-state index is 9.95. The van der Waals surface area contributed by atoms with Crippen LogP contribution in [0.15, 0.2) is 35.0 Å². The zero-order valence-corrected chi connectivity index (χ0v) is 12.2. The van der Waals surface area contributed by atoms with Gasteiger partial charge in [0.2, 0.25) is 0 Å². The van der Waals surface area contributed by atoms with Crippen molar-refractivity contribution >= 4 is 11.3 Å². The molecule has 0 saturated heterocycles. The Kier molecular flexibility index (Phi) is 5.40. The van der Waals surface area contributed by atoms with E-state index in [0.29, 0.717) is 19.7 Å². The minimum Gasteiger partial charge on any atom is -0.508 e. The smallest absolute Gasteiger partial charge is 0.120 e. The van der Waals surface area contributed by atoms with Crippen LogP contribution >= 0.6 is 11.3 Å². The van der Waals surface area contributed by atoms with Crippen molar-refractivity contribution in [1.82, 2.24) is 5.32 Å². The minimum absolute atomic E-state index is 0.228. The number of phenolic OH excluding ortho intramolecular Hbond substituents is 1. The Labute approximate surface area is 122 Å². The SMILES string of the molecule is CCOc1ccc(O)c(CNCC(O)c2ccsc2)c1. The number of ether oxygens (including phenoxy) is 1. The Morgan fingerprint density at radius 3 is 2.90 bits per heavy atom. The van der Waals surface area contributed by atoms with Gasteiger partial charge in [-0.25, -0.2) is 0 Å². The van der Waals surface area contributed by atoms with E-state index in [1.807, 2.05) is 29.8 Å². The summed E-state index contributed by atoms with van der Waals surface area (Å²) in [5.41, 5.74) is 1.67. The van der Waals surface area contributed by atoms with Crippen molar-refractivity contribution in [2.75, 3.05) is 13.2 Å². The van der Waals surface area contributed by atoms with Crippen LogP contribution < -0.4 is 10.1 Å². The zero-order valence-electron chi connectivity index (χ0n) is 11.4. The van der Waals surface area contributed by atoms with E-state index in [4.69, 9.17) is 4.74 Å². The van der Waals surface area contributed by atoms with Gasteiger partial charge in [0.05, 0.1) is 12.7 Å². The van der Waals surface area contributed by atoms with Gasteiger partial charge in [-0.2, -0.15) is 11.3 Å². The summed E-state index contributed by atoms with van der Waals surface area (Å²) in [6.45, 7) is 3.43. The number of aliphatic hydroxyl groups excluding tert-OH is 1. The third-order valence-corrected chi connectivity index (χ3v) is 3.64. The van der Waals surface area contributed by atoms with Crippen molar-refractivity contribution in [3.8, 4) is 11.5 Å². The van der Waals surface area contributed by atoms with Crippen LogP contribution in [-0.4, -0.2) is 23.4 Å². The molecule has 1 aromatic carbocycles. The molecule has 20 heavy (non-hydrogen) atoms. The summed E-state index contributed by atoms with van der Waals surface area (Å²) < 4.78 is 5.40. The first-order valence-electron chi connectivity index (χ1n) is 6.56. The van der Waals surface area contributed by atoms with Crippen molar-refractivity contribution < 1.29 is 14.9 Å². The maximum atomic E-state index is 9.95. The Hall–Kier alpha value is -1.56. The summed E-state index contributed by atoms with van der Waals surface area (Å²) in [6, 6.07) is 7.08. The third kappa shape index (κ3) is 3.96. The molecule has 4 nitrogen and oxygen atoms in total. The molecule has 0 aliphatic carbocycles. The Morgan fingerprint density at radius 1 is 1.35 bits per heavy atom. The normalized spacial score (nSPS) is 12.3. The largest absolute Gasteiger partial charge is 0.508 e. The van der Waals surface area contributed by atoms with Crippen LogP contribution in [0.2, 0.25) is 0 Å². The zero-order chi connectivity index (χ0) is 14.4. The molecule has 2 rings (SSSR count). The Bertz CT molecular complexity index is 528. The lowest BCUT2D eigenvalue weighted by Crippen LogP contribution is -2.20. The fourth-order valence-electron chi connectivity index (χ4n) is 1.89. The van der Waals surface area contributed by atoms with Gasteiger partial charge in [-0.3, -0.25) is 0 Å². The second kappa shape index (κ2) is 7.28. The van der Waals surface area contributed by atoms with Crippen molar-refractivity contribution in [1.29, 1.82) is 0 Å². The van der Waals surface area contributed by atoms with E-state index >= 15 is 0 Å². The quantitative estimate of drug-likeness (QED) is 0.734. The van der Waals surface area contributed by atoms with Crippen molar-refractivity contribution in [3.05, 3.63) is 46.2 Å². The maximum Gasteiger partial charge on any atom is 0.120 e. The molecule has 0 radical (unpaired) electrons. The molecule has 0 saturated carbocycles. The van der Waals surface area contributed by atoms with Gasteiger partial charge in [0.25, 0.3) is 0 Å². The first-order chi connectivity index (χ1) is 9.70. The molecule has 0 aliphatic rings. The van der Waals surface area contributed by atoms with Gasteiger partial charge in [0.15, 0.2) is 0 Å². The average Bonchev–Trinajstić information content (AvgIpc) is 2.96. The number of aliphatic hydroxyl groups is 1. The number of phenols is 1. The molecule has 0 spiro atoms. The first kappa shape index (κ1) is 14.8. The van der Waals surface area contributed by atoms with Gasteiger partial charge in [-0.1, -0.05) is 0 Å². The number of thiophene rings is 1. The molecule has 1 unspecified atom stereocenters. The van der Waals surface area contributed by atoms with Crippen LogP contribution in [0.4, 0.5) is 0 Å². The van der Waals surface area contributed by atoms with Crippen molar-refractivity contribution in [3.63, 3.8) is 0 Å². The van der Waals surface area contributed by atoms with Gasteiger partial charge in [0.1, 0.15) is 11.5 Å². The lowest BCUT2D eigenvalue weighted by atomic mass is 10.1. The molecule has 2 aromatic rings. The molecule has 1 atom stereocenters. The molecular weight excluding hydrogens is 274 g/mol. The second-order valence-electron chi connectivity index (χ2n) is 4.43. The number of rotatable bonds is 7. The van der Waals surface area contributed by atoms with E-state index in [2.05, 4.69) is 5.32 Å². The molecule has 1 heterocycles. The Morgan fingerprint density at radius 2 is 2.20 bits per heavy atom. The summed E-state index contributed by atoms with van der Waals surface area (Å²) in [7, 11) is 0.